The van der Waals surface area contributed by atoms with Gasteiger partial charge in [-0.1, -0.05) is 29.8 Å². The number of benzene rings is 2. The predicted octanol–water partition coefficient (Wildman–Crippen LogP) is 3.05. The van der Waals surface area contributed by atoms with Gasteiger partial charge in [0.15, 0.2) is 6.61 Å². The summed E-state index contributed by atoms with van der Waals surface area (Å²) in [6.07, 6.45) is 0. The summed E-state index contributed by atoms with van der Waals surface area (Å²) >= 11 is 6.24. The highest BCUT2D eigenvalue weighted by Crippen LogP contribution is 2.25. The third-order valence-electron chi connectivity index (χ3n) is 3.80. The van der Waals surface area contributed by atoms with Crippen LogP contribution >= 0.6 is 11.6 Å². The van der Waals surface area contributed by atoms with E-state index in [-0.39, 0.29) is 24.2 Å². The zero-order chi connectivity index (χ0) is 19.1. The number of hydrogen-bond acceptors (Lipinski definition) is 5. The number of hydrogen-bond donors (Lipinski definition) is 1. The number of nitrogens with one attached hydrogen (secondary N) is 1. The molecule has 26 heavy (non-hydrogen) atoms. The maximum absolute atomic E-state index is 12.0. The quantitative estimate of drug-likeness (QED) is 0.564. The number of likely N-dealkylation sites (N-methyl/N-ethyl adjacent to an activating group) is 1. The second-order valence-electron chi connectivity index (χ2n) is 5.84. The molecule has 0 fully saturated rings. The molecule has 0 spiro atoms. The Balaban J connectivity index is 1.88. The van der Waals surface area contributed by atoms with E-state index in [0.29, 0.717) is 17.3 Å². The van der Waals surface area contributed by atoms with E-state index in [1.807, 2.05) is 43.3 Å². The van der Waals surface area contributed by atoms with Crippen molar-refractivity contribution in [2.45, 2.75) is 6.04 Å². The third kappa shape index (κ3) is 5.44. The van der Waals surface area contributed by atoms with Crippen LogP contribution in [0.4, 0.5) is 5.69 Å². The monoisotopic (exact) mass is 377 g/mol. The summed E-state index contributed by atoms with van der Waals surface area (Å²) in [4.78, 5) is 24.1. The van der Waals surface area contributed by atoms with Gasteiger partial charge in [0.2, 0.25) is 0 Å². The molecular formula is C18H20ClN3O4. The topological polar surface area (TPSA) is 84.7 Å². The van der Waals surface area contributed by atoms with Gasteiger partial charge in [-0.25, -0.2) is 0 Å². The molecule has 0 saturated carbocycles. The molecular weight excluding hydrogens is 358 g/mol. The second-order valence-corrected chi connectivity index (χ2v) is 6.25. The maximum Gasteiger partial charge on any atom is 0.269 e. The van der Waals surface area contributed by atoms with Crippen molar-refractivity contribution in [2.24, 2.45) is 0 Å². The van der Waals surface area contributed by atoms with Gasteiger partial charge in [0, 0.05) is 23.7 Å². The van der Waals surface area contributed by atoms with Gasteiger partial charge in [-0.2, -0.15) is 0 Å². The van der Waals surface area contributed by atoms with Gasteiger partial charge in [-0.05, 0) is 37.9 Å². The Hall–Kier alpha value is -2.64. The molecule has 1 unspecified atom stereocenters. The van der Waals surface area contributed by atoms with Crippen LogP contribution in [-0.2, 0) is 4.79 Å². The Morgan fingerprint density at radius 1 is 1.23 bits per heavy atom. The lowest BCUT2D eigenvalue weighted by molar-refractivity contribution is -0.384. The van der Waals surface area contributed by atoms with E-state index in [9.17, 15) is 14.9 Å². The van der Waals surface area contributed by atoms with Crippen LogP contribution in [0.2, 0.25) is 5.02 Å². The lowest BCUT2D eigenvalue weighted by Gasteiger charge is -2.26. The molecule has 0 saturated heterocycles. The number of nitrogens with zero attached hydrogens (tertiary/aromatic N) is 2. The molecule has 2 rings (SSSR count). The van der Waals surface area contributed by atoms with Gasteiger partial charge >= 0.3 is 0 Å². The first kappa shape index (κ1) is 19.7. The number of carbonyl (C=O) groups excluding carboxylic acids is 1. The van der Waals surface area contributed by atoms with Crippen LogP contribution in [0, 0.1) is 10.1 Å². The van der Waals surface area contributed by atoms with Gasteiger partial charge < -0.3 is 15.0 Å². The average Bonchev–Trinajstić information content (AvgIpc) is 2.61. The fraction of sp³-hybridized carbons (Fsp3) is 0.278. The number of non-ortho nitro benzene ring substituents is 1. The lowest BCUT2D eigenvalue weighted by atomic mass is 10.1. The Kier molecular flexibility index (Phi) is 6.94. The Labute approximate surface area is 156 Å². The molecule has 138 valence electrons. The molecule has 0 aliphatic heterocycles. The summed E-state index contributed by atoms with van der Waals surface area (Å²) in [5.41, 5.74) is 0.895. The molecule has 0 bridgehead atoms. The number of carbonyl (C=O) groups is 1. The van der Waals surface area contributed by atoms with Gasteiger partial charge in [-0.3, -0.25) is 14.9 Å². The average molecular weight is 378 g/mol. The first-order valence-corrected chi connectivity index (χ1v) is 8.31. The molecule has 0 radical (unpaired) electrons. The van der Waals surface area contributed by atoms with E-state index in [2.05, 4.69) is 5.32 Å². The first-order chi connectivity index (χ1) is 12.4. The minimum absolute atomic E-state index is 0.0321. The van der Waals surface area contributed by atoms with Crippen LogP contribution in [-0.4, -0.2) is 43.0 Å². The molecule has 1 atom stereocenters. The van der Waals surface area contributed by atoms with Gasteiger partial charge in [0.25, 0.3) is 11.6 Å². The number of nitro benzene ring substituents is 1. The van der Waals surface area contributed by atoms with E-state index >= 15 is 0 Å². The largest absolute Gasteiger partial charge is 0.484 e. The van der Waals surface area contributed by atoms with Crippen molar-refractivity contribution in [3.63, 3.8) is 0 Å². The van der Waals surface area contributed by atoms with Crippen molar-refractivity contribution in [2.75, 3.05) is 27.2 Å². The number of nitro groups is 1. The molecule has 7 nitrogen and oxygen atoms in total. The smallest absolute Gasteiger partial charge is 0.269 e. The number of rotatable bonds is 8. The van der Waals surface area contributed by atoms with Crippen molar-refractivity contribution in [1.29, 1.82) is 0 Å². The highest BCUT2D eigenvalue weighted by Gasteiger charge is 2.18. The van der Waals surface area contributed by atoms with Crippen molar-refractivity contribution in [3.8, 4) is 5.75 Å². The van der Waals surface area contributed by atoms with Gasteiger partial charge in [0.05, 0.1) is 11.0 Å². The Morgan fingerprint density at radius 2 is 1.88 bits per heavy atom. The van der Waals surface area contributed by atoms with E-state index < -0.39 is 4.92 Å². The predicted molar refractivity (Wildman–Crippen MR) is 99.5 cm³/mol. The fourth-order valence-electron chi connectivity index (χ4n) is 2.39. The maximum atomic E-state index is 12.0. The Morgan fingerprint density at radius 3 is 2.46 bits per heavy atom. The summed E-state index contributed by atoms with van der Waals surface area (Å²) in [6, 6.07) is 13.0. The van der Waals surface area contributed by atoms with Crippen LogP contribution < -0.4 is 10.1 Å². The molecule has 1 N–H and O–H groups in total. The molecule has 0 aromatic heterocycles. The fourth-order valence-corrected chi connectivity index (χ4v) is 2.65. The standard InChI is InChI=1S/C18H20ClN3O4/c1-21(2)17(15-5-3-4-6-16(15)19)11-20-18(23)12-26-14-9-7-13(8-10-14)22(24)25/h3-10,17H,11-12H2,1-2H3,(H,20,23). The first-order valence-electron chi connectivity index (χ1n) is 7.93. The van der Waals surface area contributed by atoms with Crippen LogP contribution in [0.15, 0.2) is 48.5 Å². The summed E-state index contributed by atoms with van der Waals surface area (Å²) in [7, 11) is 3.82. The number of ether oxygens (including phenoxy) is 1. The van der Waals surface area contributed by atoms with E-state index in [1.165, 1.54) is 24.3 Å². The van der Waals surface area contributed by atoms with Gasteiger partial charge in [-0.15, -0.1) is 0 Å². The molecule has 2 aromatic rings. The summed E-state index contributed by atoms with van der Waals surface area (Å²) in [5.74, 6) is 0.100. The summed E-state index contributed by atoms with van der Waals surface area (Å²) < 4.78 is 5.35. The van der Waals surface area contributed by atoms with Crippen LogP contribution in [0.1, 0.15) is 11.6 Å². The SMILES string of the molecule is CN(C)C(CNC(=O)COc1ccc([N+](=O)[O-])cc1)c1ccccc1Cl. The van der Waals surface area contributed by atoms with E-state index in [1.54, 1.807) is 0 Å². The van der Waals surface area contributed by atoms with Crippen molar-refractivity contribution in [1.82, 2.24) is 10.2 Å². The number of amides is 1. The third-order valence-corrected chi connectivity index (χ3v) is 4.14. The molecule has 0 heterocycles. The zero-order valence-electron chi connectivity index (χ0n) is 14.5. The lowest BCUT2D eigenvalue weighted by Crippen LogP contribution is -2.37. The minimum Gasteiger partial charge on any atom is -0.484 e. The summed E-state index contributed by atoms with van der Waals surface area (Å²) in [6.45, 7) is 0.194. The molecule has 8 heteroatoms. The Bertz CT molecular complexity index is 765. The van der Waals surface area contributed by atoms with Crippen LogP contribution in [0.3, 0.4) is 0 Å². The normalized spacial score (nSPS) is 11.8. The van der Waals surface area contributed by atoms with E-state index in [4.69, 9.17) is 16.3 Å². The highest BCUT2D eigenvalue weighted by atomic mass is 35.5. The highest BCUT2D eigenvalue weighted by molar-refractivity contribution is 6.31. The zero-order valence-corrected chi connectivity index (χ0v) is 15.3. The number of halogens is 1. The minimum atomic E-state index is -0.493. The van der Waals surface area contributed by atoms with Crippen molar-refractivity contribution >= 4 is 23.2 Å². The molecule has 0 aliphatic rings. The van der Waals surface area contributed by atoms with E-state index in [0.717, 1.165) is 5.56 Å². The van der Waals surface area contributed by atoms with Crippen LogP contribution in [0.5, 0.6) is 5.75 Å². The molecule has 1 amide bonds. The summed E-state index contributed by atoms with van der Waals surface area (Å²) in [5, 5.41) is 14.1. The van der Waals surface area contributed by atoms with Gasteiger partial charge in [0.1, 0.15) is 5.75 Å². The van der Waals surface area contributed by atoms with Crippen molar-refractivity contribution in [3.05, 3.63) is 69.2 Å². The molecule has 0 aliphatic carbocycles. The van der Waals surface area contributed by atoms with Crippen LogP contribution in [0.25, 0.3) is 0 Å². The van der Waals surface area contributed by atoms with Crippen molar-refractivity contribution < 1.29 is 14.5 Å². The second kappa shape index (κ2) is 9.17. The molecule has 2 aromatic carbocycles.